The predicted octanol–water partition coefficient (Wildman–Crippen LogP) is 3.55. The van der Waals surface area contributed by atoms with Crippen LogP contribution in [0.3, 0.4) is 0 Å². The van der Waals surface area contributed by atoms with Crippen LogP contribution in [-0.2, 0) is 0 Å². The Morgan fingerprint density at radius 3 is 2.77 bits per heavy atom. The number of hydrogen-bond acceptors (Lipinski definition) is 6. The lowest BCUT2D eigenvalue weighted by Gasteiger charge is -2.31. The second kappa shape index (κ2) is 8.94. The van der Waals surface area contributed by atoms with Crippen molar-refractivity contribution in [2.24, 2.45) is 5.92 Å². The molecule has 1 aliphatic heterocycles. The lowest BCUT2D eigenvalue weighted by molar-refractivity contribution is 0.102. The van der Waals surface area contributed by atoms with Gasteiger partial charge >= 0.3 is 0 Å². The molecule has 0 spiro atoms. The van der Waals surface area contributed by atoms with Gasteiger partial charge in [0.25, 0.3) is 5.91 Å². The van der Waals surface area contributed by atoms with Crippen LogP contribution in [0.1, 0.15) is 37.2 Å². The van der Waals surface area contributed by atoms with Crippen molar-refractivity contribution in [3.05, 3.63) is 54.9 Å². The van der Waals surface area contributed by atoms with Crippen molar-refractivity contribution < 1.29 is 9.53 Å². The number of aromatic nitrogens is 4. The number of nitrogens with zero attached hydrogens (tertiary/aromatic N) is 5. The fourth-order valence-electron chi connectivity index (χ4n) is 3.61. The Morgan fingerprint density at radius 2 is 2.00 bits per heavy atom. The van der Waals surface area contributed by atoms with Crippen LogP contribution >= 0.6 is 0 Å². The molecule has 1 aliphatic rings. The Bertz CT molecular complexity index is 1000. The Morgan fingerprint density at radius 1 is 1.20 bits per heavy atom. The van der Waals surface area contributed by atoms with Crippen molar-refractivity contribution in [1.29, 1.82) is 0 Å². The number of hydrogen-bond donors (Lipinski definition) is 1. The maximum absolute atomic E-state index is 12.6. The van der Waals surface area contributed by atoms with Gasteiger partial charge in [0.05, 0.1) is 6.61 Å². The molecule has 8 nitrogen and oxygen atoms in total. The van der Waals surface area contributed by atoms with E-state index in [9.17, 15) is 4.79 Å². The van der Waals surface area contributed by atoms with Crippen LogP contribution in [0.25, 0.3) is 5.82 Å². The number of nitrogens with one attached hydrogen (secondary N) is 1. The van der Waals surface area contributed by atoms with Crippen molar-refractivity contribution in [3.8, 4) is 11.6 Å². The molecule has 1 atom stereocenters. The first kappa shape index (κ1) is 19.9. The summed E-state index contributed by atoms with van der Waals surface area (Å²) in [4.78, 5) is 27.9. The number of amides is 1. The second-order valence-corrected chi connectivity index (χ2v) is 7.51. The molecular weight excluding hydrogens is 380 g/mol. The summed E-state index contributed by atoms with van der Waals surface area (Å²) in [6.45, 7) is 6.79. The zero-order valence-electron chi connectivity index (χ0n) is 17.3. The molecule has 30 heavy (non-hydrogen) atoms. The smallest absolute Gasteiger partial charge is 0.275 e. The summed E-state index contributed by atoms with van der Waals surface area (Å²) in [6.07, 6.45) is 7.25. The highest BCUT2D eigenvalue weighted by atomic mass is 16.5. The molecule has 3 aromatic rings. The number of imidazole rings is 1. The molecule has 156 valence electrons. The van der Waals surface area contributed by atoms with E-state index in [4.69, 9.17) is 4.74 Å². The second-order valence-electron chi connectivity index (χ2n) is 7.51. The minimum absolute atomic E-state index is 0.281. The number of carbonyl (C=O) groups is 1. The van der Waals surface area contributed by atoms with Gasteiger partial charge in [-0.2, -0.15) is 0 Å². The molecule has 2 aromatic heterocycles. The summed E-state index contributed by atoms with van der Waals surface area (Å²) in [5, 5.41) is 2.85. The average molecular weight is 406 g/mol. The van der Waals surface area contributed by atoms with Gasteiger partial charge in [-0.05, 0) is 49.9 Å². The molecule has 0 bridgehead atoms. The number of rotatable bonds is 6. The van der Waals surface area contributed by atoms with E-state index in [0.29, 0.717) is 29.7 Å². The summed E-state index contributed by atoms with van der Waals surface area (Å²) in [5.41, 5.74) is 0.997. The van der Waals surface area contributed by atoms with Gasteiger partial charge in [0.2, 0.25) is 0 Å². The summed E-state index contributed by atoms with van der Waals surface area (Å²) in [7, 11) is 0. The van der Waals surface area contributed by atoms with Gasteiger partial charge in [0.15, 0.2) is 0 Å². The van der Waals surface area contributed by atoms with Crippen LogP contribution in [-0.4, -0.2) is 45.1 Å². The van der Waals surface area contributed by atoms with Crippen molar-refractivity contribution in [3.63, 3.8) is 0 Å². The highest BCUT2D eigenvalue weighted by Crippen LogP contribution is 2.22. The van der Waals surface area contributed by atoms with E-state index in [-0.39, 0.29) is 5.91 Å². The summed E-state index contributed by atoms with van der Waals surface area (Å²) >= 11 is 0. The zero-order chi connectivity index (χ0) is 20.9. The van der Waals surface area contributed by atoms with Gasteiger partial charge in [-0.3, -0.25) is 9.36 Å². The van der Waals surface area contributed by atoms with Gasteiger partial charge in [0.1, 0.15) is 35.7 Å². The Kier molecular flexibility index (Phi) is 5.92. The highest BCUT2D eigenvalue weighted by molar-refractivity contribution is 6.02. The Balaban J connectivity index is 1.45. The first-order valence-electron chi connectivity index (χ1n) is 10.3. The Labute approximate surface area is 175 Å². The largest absolute Gasteiger partial charge is 0.494 e. The standard InChI is InChI=1S/C22H26N6O2/c1-3-30-18-8-6-17(7-9-18)26-22(29)19-13-28(15-25-19)21-11-20(23-14-24-21)27-10-4-5-16(2)12-27/h6-9,11,13-16H,3-5,10,12H2,1-2H3,(H,26,29). The minimum atomic E-state index is -0.281. The molecule has 1 amide bonds. The molecule has 1 aromatic carbocycles. The van der Waals surface area contributed by atoms with E-state index < -0.39 is 0 Å². The van der Waals surface area contributed by atoms with Crippen molar-refractivity contribution in [2.75, 3.05) is 29.9 Å². The van der Waals surface area contributed by atoms with Gasteiger partial charge in [-0.15, -0.1) is 0 Å². The van der Waals surface area contributed by atoms with Gasteiger partial charge in [-0.25, -0.2) is 15.0 Å². The maximum Gasteiger partial charge on any atom is 0.275 e. The van der Waals surface area contributed by atoms with Crippen molar-refractivity contribution in [1.82, 2.24) is 19.5 Å². The third-order valence-electron chi connectivity index (χ3n) is 5.12. The van der Waals surface area contributed by atoms with E-state index in [1.807, 2.05) is 25.1 Å². The molecular formula is C22H26N6O2. The van der Waals surface area contributed by atoms with Crippen LogP contribution in [0.5, 0.6) is 5.75 Å². The third-order valence-corrected chi connectivity index (χ3v) is 5.12. The number of piperidine rings is 1. The SMILES string of the molecule is CCOc1ccc(NC(=O)c2cn(-c3cc(N4CCCC(C)C4)ncn3)cn2)cc1. The van der Waals surface area contributed by atoms with Crippen molar-refractivity contribution >= 4 is 17.4 Å². The third kappa shape index (κ3) is 4.59. The zero-order valence-corrected chi connectivity index (χ0v) is 17.3. The predicted molar refractivity (Wildman–Crippen MR) is 115 cm³/mol. The molecule has 1 saturated heterocycles. The lowest BCUT2D eigenvalue weighted by Crippen LogP contribution is -2.34. The monoisotopic (exact) mass is 406 g/mol. The molecule has 1 fully saturated rings. The molecule has 8 heteroatoms. The summed E-state index contributed by atoms with van der Waals surface area (Å²) < 4.78 is 7.16. The molecule has 0 radical (unpaired) electrons. The van der Waals surface area contributed by atoms with Crippen molar-refractivity contribution in [2.45, 2.75) is 26.7 Å². The molecule has 0 saturated carbocycles. The van der Waals surface area contributed by atoms with Crippen LogP contribution in [0, 0.1) is 5.92 Å². The summed E-state index contributed by atoms with van der Waals surface area (Å²) in [6, 6.07) is 9.18. The topological polar surface area (TPSA) is 85.2 Å². The molecule has 1 N–H and O–H groups in total. The summed E-state index contributed by atoms with van der Waals surface area (Å²) in [5.74, 6) is 2.73. The van der Waals surface area contributed by atoms with E-state index in [2.05, 4.69) is 32.1 Å². The number of carbonyl (C=O) groups excluding carboxylic acids is 1. The van der Waals surface area contributed by atoms with Gasteiger partial charge < -0.3 is 15.0 Å². The number of ether oxygens (including phenoxy) is 1. The molecule has 1 unspecified atom stereocenters. The Hall–Kier alpha value is -3.42. The quantitative estimate of drug-likeness (QED) is 0.674. The van der Waals surface area contributed by atoms with E-state index in [0.717, 1.165) is 24.7 Å². The van der Waals surface area contributed by atoms with Gasteiger partial charge in [0, 0.05) is 31.0 Å². The minimum Gasteiger partial charge on any atom is -0.494 e. The van der Waals surface area contributed by atoms with E-state index >= 15 is 0 Å². The fraction of sp³-hybridized carbons (Fsp3) is 0.364. The number of benzene rings is 1. The number of anilines is 2. The lowest BCUT2D eigenvalue weighted by atomic mass is 10.0. The first-order valence-corrected chi connectivity index (χ1v) is 10.3. The highest BCUT2D eigenvalue weighted by Gasteiger charge is 2.18. The van der Waals surface area contributed by atoms with Crippen LogP contribution in [0.15, 0.2) is 49.2 Å². The van der Waals surface area contributed by atoms with Crippen LogP contribution in [0.4, 0.5) is 11.5 Å². The fourth-order valence-corrected chi connectivity index (χ4v) is 3.61. The molecule has 3 heterocycles. The van der Waals surface area contributed by atoms with E-state index in [1.165, 1.54) is 12.8 Å². The van der Waals surface area contributed by atoms with E-state index in [1.54, 1.807) is 35.6 Å². The molecule has 0 aliphatic carbocycles. The van der Waals surface area contributed by atoms with Gasteiger partial charge in [-0.1, -0.05) is 6.92 Å². The molecule has 4 rings (SSSR count). The normalized spacial score (nSPS) is 16.3. The first-order chi connectivity index (χ1) is 14.6. The van der Waals surface area contributed by atoms with Crippen LogP contribution < -0.4 is 15.0 Å². The maximum atomic E-state index is 12.6. The van der Waals surface area contributed by atoms with Crippen LogP contribution in [0.2, 0.25) is 0 Å². The average Bonchev–Trinajstić information content (AvgIpc) is 3.26.